The van der Waals surface area contributed by atoms with Crippen LogP contribution >= 0.6 is 0 Å². The van der Waals surface area contributed by atoms with Crippen LogP contribution in [-0.4, -0.2) is 35.4 Å². The van der Waals surface area contributed by atoms with E-state index in [0.717, 1.165) is 6.26 Å². The van der Waals surface area contributed by atoms with Crippen LogP contribution in [-0.2, 0) is 16.3 Å². The molecular weight excluding hydrogens is 245 g/mol. The molecule has 0 unspecified atom stereocenters. The Labute approximate surface area is 101 Å². The van der Waals surface area contributed by atoms with Gasteiger partial charge in [-0.15, -0.1) is 0 Å². The zero-order valence-corrected chi connectivity index (χ0v) is 10.9. The summed E-state index contributed by atoms with van der Waals surface area (Å²) < 4.78 is 41.5. The quantitative estimate of drug-likeness (QED) is 0.859. The van der Waals surface area contributed by atoms with E-state index in [9.17, 15) is 12.8 Å². The zero-order valence-electron chi connectivity index (χ0n) is 10.1. The smallest absolute Gasteiger partial charge is 0.182 e. The summed E-state index contributed by atoms with van der Waals surface area (Å²) in [5.74, 6) is -0.712. The molecule has 1 rings (SSSR count). The van der Waals surface area contributed by atoms with Gasteiger partial charge in [0.05, 0.1) is 7.11 Å². The third kappa shape index (κ3) is 3.41. The molecular formula is C11H16FNO3S. The lowest BCUT2D eigenvalue weighted by atomic mass is 10.1. The van der Waals surface area contributed by atoms with Crippen molar-refractivity contribution in [3.8, 4) is 5.75 Å². The van der Waals surface area contributed by atoms with Crippen LogP contribution in [0.4, 0.5) is 4.39 Å². The lowest BCUT2D eigenvalue weighted by molar-refractivity contribution is 0.394. The van der Waals surface area contributed by atoms with Crippen molar-refractivity contribution in [1.29, 1.82) is 0 Å². The molecule has 4 nitrogen and oxygen atoms in total. The standard InChI is InChI=1S/C11H16FNO3S/c1-13-5-4-8-6-9(12)11(17(3,14)15)10(7-8)16-2/h6-7,13H,4-5H2,1-3H3. The molecule has 0 aromatic heterocycles. The molecule has 1 aromatic carbocycles. The van der Waals surface area contributed by atoms with Crippen LogP contribution in [0.5, 0.6) is 5.75 Å². The first-order chi connectivity index (χ1) is 7.90. The van der Waals surface area contributed by atoms with Crippen molar-refractivity contribution in [1.82, 2.24) is 5.32 Å². The highest BCUT2D eigenvalue weighted by atomic mass is 32.2. The van der Waals surface area contributed by atoms with Gasteiger partial charge in [-0.2, -0.15) is 0 Å². The van der Waals surface area contributed by atoms with Crippen molar-refractivity contribution in [2.45, 2.75) is 11.3 Å². The number of likely N-dealkylation sites (N-methyl/N-ethyl adjacent to an activating group) is 1. The molecule has 0 fully saturated rings. The first-order valence-electron chi connectivity index (χ1n) is 5.11. The number of nitrogens with one attached hydrogen (secondary N) is 1. The van der Waals surface area contributed by atoms with Crippen LogP contribution in [0, 0.1) is 5.82 Å². The first kappa shape index (κ1) is 13.9. The van der Waals surface area contributed by atoms with E-state index in [-0.39, 0.29) is 10.6 Å². The third-order valence-corrected chi connectivity index (χ3v) is 3.46. The number of halogens is 1. The van der Waals surface area contributed by atoms with E-state index in [1.807, 2.05) is 0 Å². The summed E-state index contributed by atoms with van der Waals surface area (Å²) in [7, 11) is -0.514. The van der Waals surface area contributed by atoms with Gasteiger partial charge in [0.15, 0.2) is 9.84 Å². The summed E-state index contributed by atoms with van der Waals surface area (Å²) >= 11 is 0. The molecule has 0 radical (unpaired) electrons. The maximum Gasteiger partial charge on any atom is 0.182 e. The van der Waals surface area contributed by atoms with Crippen LogP contribution in [0.1, 0.15) is 5.56 Å². The Balaban J connectivity index is 3.26. The molecule has 0 aliphatic heterocycles. The van der Waals surface area contributed by atoms with E-state index in [4.69, 9.17) is 4.74 Å². The summed E-state index contributed by atoms with van der Waals surface area (Å²) in [6.45, 7) is 0.681. The number of hydrogen-bond donors (Lipinski definition) is 1. The minimum atomic E-state index is -3.63. The van der Waals surface area contributed by atoms with Crippen LogP contribution in [0.2, 0.25) is 0 Å². The second-order valence-corrected chi connectivity index (χ2v) is 5.69. The van der Waals surface area contributed by atoms with Crippen molar-refractivity contribution in [2.24, 2.45) is 0 Å². The van der Waals surface area contributed by atoms with E-state index in [0.29, 0.717) is 18.5 Å². The van der Waals surface area contributed by atoms with Gasteiger partial charge in [0.1, 0.15) is 16.5 Å². The van der Waals surface area contributed by atoms with Gasteiger partial charge in [0.2, 0.25) is 0 Å². The SMILES string of the molecule is CNCCc1cc(F)c(S(C)(=O)=O)c(OC)c1. The molecule has 1 N–H and O–H groups in total. The molecule has 6 heteroatoms. The second kappa shape index (κ2) is 5.46. The van der Waals surface area contributed by atoms with E-state index in [1.165, 1.54) is 13.2 Å². The summed E-state index contributed by atoms with van der Waals surface area (Å²) in [4.78, 5) is -0.381. The molecule has 0 spiro atoms. The summed E-state index contributed by atoms with van der Waals surface area (Å²) in [6, 6.07) is 2.78. The van der Waals surface area contributed by atoms with Gasteiger partial charge in [0.25, 0.3) is 0 Å². The fourth-order valence-corrected chi connectivity index (χ4v) is 2.47. The average Bonchev–Trinajstić information content (AvgIpc) is 2.23. The fourth-order valence-electron chi connectivity index (χ4n) is 1.55. The molecule has 0 aliphatic rings. The van der Waals surface area contributed by atoms with Crippen LogP contribution in [0.3, 0.4) is 0 Å². The number of methoxy groups -OCH3 is 1. The maximum atomic E-state index is 13.7. The minimum absolute atomic E-state index is 0.0543. The van der Waals surface area contributed by atoms with E-state index < -0.39 is 15.7 Å². The van der Waals surface area contributed by atoms with Gasteiger partial charge in [0, 0.05) is 6.26 Å². The Bertz CT molecular complexity index is 500. The molecule has 0 saturated heterocycles. The monoisotopic (exact) mass is 261 g/mol. The molecule has 0 heterocycles. The first-order valence-corrected chi connectivity index (χ1v) is 7.00. The lowest BCUT2D eigenvalue weighted by Gasteiger charge is -2.10. The highest BCUT2D eigenvalue weighted by Crippen LogP contribution is 2.28. The number of benzene rings is 1. The zero-order chi connectivity index (χ0) is 13.1. The molecule has 0 saturated carbocycles. The van der Waals surface area contributed by atoms with Gasteiger partial charge in [-0.1, -0.05) is 0 Å². The molecule has 96 valence electrons. The Morgan fingerprint density at radius 2 is 2.06 bits per heavy atom. The predicted molar refractivity (Wildman–Crippen MR) is 63.7 cm³/mol. The maximum absolute atomic E-state index is 13.7. The van der Waals surface area contributed by atoms with E-state index in [1.54, 1.807) is 13.1 Å². The summed E-state index contributed by atoms with van der Waals surface area (Å²) in [6.07, 6.45) is 1.56. The van der Waals surface area contributed by atoms with Crippen LogP contribution in [0.25, 0.3) is 0 Å². The van der Waals surface area contributed by atoms with Crippen molar-refractivity contribution in [3.05, 3.63) is 23.5 Å². The third-order valence-electron chi connectivity index (χ3n) is 2.32. The average molecular weight is 261 g/mol. The number of hydrogen-bond acceptors (Lipinski definition) is 4. The van der Waals surface area contributed by atoms with Gasteiger partial charge >= 0.3 is 0 Å². The number of rotatable bonds is 5. The molecule has 0 aliphatic carbocycles. The van der Waals surface area contributed by atoms with Crippen molar-refractivity contribution < 1.29 is 17.5 Å². The largest absolute Gasteiger partial charge is 0.495 e. The Morgan fingerprint density at radius 1 is 1.41 bits per heavy atom. The summed E-state index contributed by atoms with van der Waals surface area (Å²) in [5, 5.41) is 2.94. The van der Waals surface area contributed by atoms with E-state index >= 15 is 0 Å². The van der Waals surface area contributed by atoms with Crippen molar-refractivity contribution in [3.63, 3.8) is 0 Å². The van der Waals surface area contributed by atoms with E-state index in [2.05, 4.69) is 5.32 Å². The van der Waals surface area contributed by atoms with Gasteiger partial charge in [-0.25, -0.2) is 12.8 Å². The van der Waals surface area contributed by atoms with Crippen LogP contribution < -0.4 is 10.1 Å². The van der Waals surface area contributed by atoms with Gasteiger partial charge < -0.3 is 10.1 Å². The molecule has 0 atom stereocenters. The number of sulfone groups is 1. The van der Waals surface area contributed by atoms with Gasteiger partial charge in [-0.3, -0.25) is 0 Å². The fraction of sp³-hybridized carbons (Fsp3) is 0.455. The Morgan fingerprint density at radius 3 is 2.53 bits per heavy atom. The Kier molecular flexibility index (Phi) is 4.47. The van der Waals surface area contributed by atoms with Gasteiger partial charge in [-0.05, 0) is 37.7 Å². The molecule has 0 amide bonds. The number of ether oxygens (including phenoxy) is 1. The van der Waals surface area contributed by atoms with Crippen molar-refractivity contribution >= 4 is 9.84 Å². The topological polar surface area (TPSA) is 55.4 Å². The van der Waals surface area contributed by atoms with Crippen LogP contribution in [0.15, 0.2) is 17.0 Å². The predicted octanol–water partition coefficient (Wildman–Crippen LogP) is 1.000. The highest BCUT2D eigenvalue weighted by Gasteiger charge is 2.20. The molecule has 17 heavy (non-hydrogen) atoms. The molecule has 0 bridgehead atoms. The normalized spacial score (nSPS) is 11.5. The minimum Gasteiger partial charge on any atom is -0.495 e. The molecule has 1 aromatic rings. The van der Waals surface area contributed by atoms with Crippen molar-refractivity contribution in [2.75, 3.05) is 27.0 Å². The Hall–Kier alpha value is -1.14. The highest BCUT2D eigenvalue weighted by molar-refractivity contribution is 7.90. The lowest BCUT2D eigenvalue weighted by Crippen LogP contribution is -2.11. The second-order valence-electron chi connectivity index (χ2n) is 3.73. The summed E-state index contributed by atoms with van der Waals surface area (Å²) in [5.41, 5.74) is 0.695.